The van der Waals surface area contributed by atoms with Gasteiger partial charge in [0.1, 0.15) is 6.61 Å². The van der Waals surface area contributed by atoms with Gasteiger partial charge in [-0.25, -0.2) is 0 Å². The maximum absolute atomic E-state index is 6.00. The van der Waals surface area contributed by atoms with Gasteiger partial charge in [-0.05, 0) is 19.5 Å². The highest BCUT2D eigenvalue weighted by molar-refractivity contribution is 6.66. The summed E-state index contributed by atoms with van der Waals surface area (Å²) < 4.78 is 50.1. The van der Waals surface area contributed by atoms with Crippen molar-refractivity contribution in [1.82, 2.24) is 0 Å². The highest BCUT2D eigenvalue weighted by Gasteiger charge is 2.43. The van der Waals surface area contributed by atoms with Crippen molar-refractivity contribution >= 4 is 8.80 Å². The standard InChI is InChI=1S/C17H36O9Si/c1-7-24-27(9-3,25-8-2)26-16-17(21-13-10-18-4,22-14-11-19-5)23-15-12-20-6/h9H,3,7-8,10-16H2,1-2,4-6H3. The van der Waals surface area contributed by atoms with E-state index in [1.54, 1.807) is 27.0 Å². The van der Waals surface area contributed by atoms with E-state index in [0.29, 0.717) is 33.0 Å². The van der Waals surface area contributed by atoms with Crippen molar-refractivity contribution in [3.63, 3.8) is 0 Å². The van der Waals surface area contributed by atoms with E-state index in [0.717, 1.165) is 0 Å². The molecule has 0 heterocycles. The normalized spacial score (nSPS) is 12.5. The Balaban J connectivity index is 5.28. The summed E-state index contributed by atoms with van der Waals surface area (Å²) in [7, 11) is 1.66. The lowest BCUT2D eigenvalue weighted by molar-refractivity contribution is -0.394. The third-order valence-electron chi connectivity index (χ3n) is 3.22. The van der Waals surface area contributed by atoms with Gasteiger partial charge in [-0.2, -0.15) is 0 Å². The van der Waals surface area contributed by atoms with E-state index in [1.165, 1.54) is 0 Å². The van der Waals surface area contributed by atoms with Gasteiger partial charge in [0, 0.05) is 34.5 Å². The molecule has 0 atom stereocenters. The van der Waals surface area contributed by atoms with E-state index in [9.17, 15) is 0 Å². The highest BCUT2D eigenvalue weighted by atomic mass is 28.4. The summed E-state index contributed by atoms with van der Waals surface area (Å²) in [6, 6.07) is 0. The molecule has 0 radical (unpaired) electrons. The molecule has 0 fully saturated rings. The smallest absolute Gasteiger partial charge is 0.382 e. The molecule has 0 aliphatic carbocycles. The second-order valence-corrected chi connectivity index (χ2v) is 7.65. The Bertz CT molecular complexity index is 325. The molecule has 0 unspecified atom stereocenters. The van der Waals surface area contributed by atoms with E-state index < -0.39 is 14.8 Å². The molecule has 0 aromatic heterocycles. The molecule has 0 aromatic rings. The fourth-order valence-corrected chi connectivity index (χ4v) is 3.77. The monoisotopic (exact) mass is 412 g/mol. The molecule has 9 nitrogen and oxygen atoms in total. The maximum atomic E-state index is 6.00. The summed E-state index contributed by atoms with van der Waals surface area (Å²) >= 11 is 0. The molecule has 0 aromatic carbocycles. The quantitative estimate of drug-likeness (QED) is 0.167. The van der Waals surface area contributed by atoms with Gasteiger partial charge in [0.15, 0.2) is 0 Å². The first-order valence-corrected chi connectivity index (χ1v) is 10.8. The average molecular weight is 413 g/mol. The van der Waals surface area contributed by atoms with Crippen LogP contribution in [-0.4, -0.2) is 95.6 Å². The van der Waals surface area contributed by atoms with E-state index in [4.69, 9.17) is 41.7 Å². The SMILES string of the molecule is C=C[Si](OCC)(OCC)OCC(OCCOC)(OCCOC)OCCOC. The van der Waals surface area contributed by atoms with Crippen LogP contribution in [0.15, 0.2) is 12.3 Å². The van der Waals surface area contributed by atoms with Gasteiger partial charge in [-0.3, -0.25) is 0 Å². The van der Waals surface area contributed by atoms with Crippen molar-refractivity contribution in [3.8, 4) is 0 Å². The van der Waals surface area contributed by atoms with Crippen molar-refractivity contribution in [1.29, 1.82) is 0 Å². The fourth-order valence-electron chi connectivity index (χ4n) is 1.98. The number of methoxy groups -OCH3 is 3. The molecule has 0 saturated heterocycles. The van der Waals surface area contributed by atoms with Crippen molar-refractivity contribution in [2.75, 3.05) is 80.8 Å². The van der Waals surface area contributed by atoms with Crippen LogP contribution < -0.4 is 0 Å². The first-order valence-electron chi connectivity index (χ1n) is 9.01. The van der Waals surface area contributed by atoms with Crippen LogP contribution in [0.4, 0.5) is 0 Å². The van der Waals surface area contributed by atoms with Gasteiger partial charge in [0.25, 0.3) is 0 Å². The molecule has 0 amide bonds. The number of ether oxygens (including phenoxy) is 6. The maximum Gasteiger partial charge on any atom is 0.529 e. The summed E-state index contributed by atoms with van der Waals surface area (Å²) in [6.45, 7) is 10.1. The molecule has 0 aliphatic heterocycles. The van der Waals surface area contributed by atoms with E-state index in [-0.39, 0.29) is 26.4 Å². The summed E-state index contributed by atoms with van der Waals surface area (Å²) in [6.07, 6.45) is 0. The summed E-state index contributed by atoms with van der Waals surface area (Å²) in [4.78, 5) is 0. The number of hydrogen-bond donors (Lipinski definition) is 0. The second kappa shape index (κ2) is 16.5. The lowest BCUT2D eigenvalue weighted by Gasteiger charge is -2.35. The summed E-state index contributed by atoms with van der Waals surface area (Å²) in [5.74, 6) is -1.48. The van der Waals surface area contributed by atoms with Gasteiger partial charge in [0.2, 0.25) is 0 Å². The minimum atomic E-state index is -3.09. The Kier molecular flexibility index (Phi) is 16.3. The van der Waals surface area contributed by atoms with Gasteiger partial charge >= 0.3 is 14.8 Å². The summed E-state index contributed by atoms with van der Waals surface area (Å²) in [5, 5.41) is 0. The fraction of sp³-hybridized carbons (Fsp3) is 0.882. The van der Waals surface area contributed by atoms with E-state index >= 15 is 0 Å². The lowest BCUT2D eigenvalue weighted by Crippen LogP contribution is -2.52. The van der Waals surface area contributed by atoms with Crippen molar-refractivity contribution < 1.29 is 41.7 Å². The first kappa shape index (κ1) is 26.6. The van der Waals surface area contributed by atoms with Crippen LogP contribution in [0, 0.1) is 0 Å². The zero-order chi connectivity index (χ0) is 20.4. The largest absolute Gasteiger partial charge is 0.529 e. The van der Waals surface area contributed by atoms with Crippen LogP contribution >= 0.6 is 0 Å². The Morgan fingerprint density at radius 1 is 0.704 bits per heavy atom. The van der Waals surface area contributed by atoms with Crippen LogP contribution in [0.3, 0.4) is 0 Å². The molecular formula is C17H36O9Si. The van der Waals surface area contributed by atoms with Crippen molar-refractivity contribution in [3.05, 3.63) is 12.3 Å². The zero-order valence-electron chi connectivity index (χ0n) is 17.3. The Hall–Kier alpha value is -0.403. The molecule has 162 valence electrons. The van der Waals surface area contributed by atoms with Crippen LogP contribution in [-0.2, 0) is 41.7 Å². The van der Waals surface area contributed by atoms with Gasteiger partial charge in [0.05, 0.1) is 39.6 Å². The second-order valence-electron chi connectivity index (χ2n) is 5.17. The van der Waals surface area contributed by atoms with Crippen LogP contribution in [0.25, 0.3) is 0 Å². The molecule has 0 bridgehead atoms. The van der Waals surface area contributed by atoms with Crippen LogP contribution in [0.2, 0.25) is 0 Å². The highest BCUT2D eigenvalue weighted by Crippen LogP contribution is 2.21. The molecule has 10 heteroatoms. The molecule has 0 aliphatic rings. The van der Waals surface area contributed by atoms with Gasteiger partial charge < -0.3 is 41.7 Å². The van der Waals surface area contributed by atoms with Gasteiger partial charge in [-0.15, -0.1) is 0 Å². The Labute approximate surface area is 164 Å². The van der Waals surface area contributed by atoms with Crippen molar-refractivity contribution in [2.45, 2.75) is 19.8 Å². The Morgan fingerprint density at radius 2 is 1.11 bits per heavy atom. The third kappa shape index (κ3) is 11.2. The molecule has 0 saturated carbocycles. The molecule has 0 spiro atoms. The molecule has 0 rings (SSSR count). The number of rotatable bonds is 20. The van der Waals surface area contributed by atoms with E-state index in [2.05, 4.69) is 6.58 Å². The Morgan fingerprint density at radius 3 is 1.41 bits per heavy atom. The van der Waals surface area contributed by atoms with Crippen LogP contribution in [0.5, 0.6) is 0 Å². The third-order valence-corrected chi connectivity index (χ3v) is 5.65. The van der Waals surface area contributed by atoms with Crippen LogP contribution in [0.1, 0.15) is 13.8 Å². The molecule has 0 N–H and O–H groups in total. The van der Waals surface area contributed by atoms with Gasteiger partial charge in [-0.1, -0.05) is 6.58 Å². The minimum absolute atomic E-state index is 0.0810. The predicted octanol–water partition coefficient (Wildman–Crippen LogP) is 1.38. The zero-order valence-corrected chi connectivity index (χ0v) is 18.3. The van der Waals surface area contributed by atoms with E-state index in [1.807, 2.05) is 13.8 Å². The minimum Gasteiger partial charge on any atom is -0.382 e. The predicted molar refractivity (Wildman–Crippen MR) is 101 cm³/mol. The summed E-state index contributed by atoms with van der Waals surface area (Å²) in [5.41, 5.74) is 1.57. The first-order chi connectivity index (χ1) is 13.1. The topological polar surface area (TPSA) is 83.1 Å². The average Bonchev–Trinajstić information content (AvgIpc) is 2.67. The molecule has 27 heavy (non-hydrogen) atoms. The number of hydrogen-bond acceptors (Lipinski definition) is 9. The lowest BCUT2D eigenvalue weighted by atomic mass is 10.5. The van der Waals surface area contributed by atoms with Crippen molar-refractivity contribution in [2.24, 2.45) is 0 Å². The molecular weight excluding hydrogens is 376 g/mol.